The zero-order chi connectivity index (χ0) is 15.5. The lowest BCUT2D eigenvalue weighted by Gasteiger charge is -2.11. The summed E-state index contributed by atoms with van der Waals surface area (Å²) in [5, 5.41) is 11.9. The average Bonchev–Trinajstić information content (AvgIpc) is 2.93. The van der Waals surface area contributed by atoms with Gasteiger partial charge in [-0.2, -0.15) is 0 Å². The number of aryl methyl sites for hydroxylation is 1. The van der Waals surface area contributed by atoms with E-state index >= 15 is 0 Å². The van der Waals surface area contributed by atoms with Crippen LogP contribution in [0.25, 0.3) is 0 Å². The topological polar surface area (TPSA) is 84.0 Å². The van der Waals surface area contributed by atoms with Gasteiger partial charge in [0.25, 0.3) is 10.0 Å². The summed E-state index contributed by atoms with van der Waals surface area (Å²) < 4.78 is 27.0. The van der Waals surface area contributed by atoms with Crippen molar-refractivity contribution in [3.63, 3.8) is 0 Å². The highest BCUT2D eigenvalue weighted by molar-refractivity contribution is 7.93. The molecule has 0 aliphatic heterocycles. The molecule has 2 aromatic rings. The van der Waals surface area contributed by atoms with Gasteiger partial charge in [0, 0.05) is 6.04 Å². The number of aromatic nitrogens is 2. The SMILES string of the molecule is CCc1nnc(NS(=O)(=O)c2ccc(C(C)NC)cc2)s1. The van der Waals surface area contributed by atoms with Gasteiger partial charge in [0.05, 0.1) is 4.90 Å². The predicted octanol–water partition coefficient (Wildman–Crippen LogP) is 2.18. The summed E-state index contributed by atoms with van der Waals surface area (Å²) in [5.74, 6) is 0. The van der Waals surface area contributed by atoms with E-state index in [2.05, 4.69) is 20.2 Å². The molecule has 2 N–H and O–H groups in total. The van der Waals surface area contributed by atoms with E-state index in [9.17, 15) is 8.42 Å². The molecule has 0 aliphatic carbocycles. The van der Waals surface area contributed by atoms with Gasteiger partial charge in [0.15, 0.2) is 0 Å². The average molecular weight is 326 g/mol. The molecule has 0 amide bonds. The minimum atomic E-state index is -3.62. The summed E-state index contributed by atoms with van der Waals surface area (Å²) in [7, 11) is -1.76. The molecule has 0 radical (unpaired) electrons. The Bertz CT molecular complexity index is 695. The molecular weight excluding hydrogens is 308 g/mol. The molecule has 0 aliphatic rings. The van der Waals surface area contributed by atoms with Gasteiger partial charge in [-0.25, -0.2) is 8.42 Å². The minimum absolute atomic E-state index is 0.171. The van der Waals surface area contributed by atoms with Gasteiger partial charge in [0.1, 0.15) is 5.01 Å². The molecule has 1 aromatic heterocycles. The fourth-order valence-corrected chi connectivity index (χ4v) is 3.62. The van der Waals surface area contributed by atoms with Crippen molar-refractivity contribution in [3.8, 4) is 0 Å². The molecule has 1 heterocycles. The largest absolute Gasteiger partial charge is 0.313 e. The quantitative estimate of drug-likeness (QED) is 0.850. The number of rotatable bonds is 6. The first-order valence-corrected chi connectivity index (χ1v) is 8.88. The van der Waals surface area contributed by atoms with Crippen LogP contribution in [-0.4, -0.2) is 25.7 Å². The smallest absolute Gasteiger partial charge is 0.263 e. The molecule has 1 atom stereocenters. The molecule has 8 heteroatoms. The number of anilines is 1. The van der Waals surface area contributed by atoms with E-state index in [-0.39, 0.29) is 10.9 Å². The van der Waals surface area contributed by atoms with Gasteiger partial charge >= 0.3 is 0 Å². The second-order valence-corrected chi connectivity index (χ2v) is 7.28. The van der Waals surface area contributed by atoms with Gasteiger partial charge < -0.3 is 5.32 Å². The van der Waals surface area contributed by atoms with Gasteiger partial charge in [-0.05, 0) is 38.1 Å². The first kappa shape index (κ1) is 15.9. The van der Waals surface area contributed by atoms with E-state index in [0.29, 0.717) is 5.13 Å². The molecule has 1 aromatic carbocycles. The van der Waals surface area contributed by atoms with Crippen molar-refractivity contribution in [3.05, 3.63) is 34.8 Å². The van der Waals surface area contributed by atoms with Crippen molar-refractivity contribution in [2.24, 2.45) is 0 Å². The van der Waals surface area contributed by atoms with Crippen molar-refractivity contribution in [2.45, 2.75) is 31.2 Å². The Labute approximate surface area is 128 Å². The Hall–Kier alpha value is -1.51. The van der Waals surface area contributed by atoms with Crippen molar-refractivity contribution < 1.29 is 8.42 Å². The summed E-state index contributed by atoms with van der Waals surface area (Å²) >= 11 is 1.24. The van der Waals surface area contributed by atoms with E-state index in [1.807, 2.05) is 20.9 Å². The molecule has 0 saturated carbocycles. The number of nitrogens with one attached hydrogen (secondary N) is 2. The van der Waals surface area contributed by atoms with E-state index in [1.165, 1.54) is 11.3 Å². The zero-order valence-electron chi connectivity index (χ0n) is 12.1. The third kappa shape index (κ3) is 3.78. The number of sulfonamides is 1. The summed E-state index contributed by atoms with van der Waals surface area (Å²) in [4.78, 5) is 0.211. The second-order valence-electron chi connectivity index (χ2n) is 4.54. The molecule has 0 spiro atoms. The monoisotopic (exact) mass is 326 g/mol. The lowest BCUT2D eigenvalue weighted by molar-refractivity contribution is 0.600. The maximum Gasteiger partial charge on any atom is 0.263 e. The van der Waals surface area contributed by atoms with Gasteiger partial charge in [-0.3, -0.25) is 4.72 Å². The third-order valence-electron chi connectivity index (χ3n) is 3.11. The Morgan fingerprint density at radius 1 is 1.24 bits per heavy atom. The maximum absolute atomic E-state index is 12.3. The third-order valence-corrected chi connectivity index (χ3v) is 5.58. The van der Waals surface area contributed by atoms with Crippen molar-refractivity contribution in [1.82, 2.24) is 15.5 Å². The summed E-state index contributed by atoms with van der Waals surface area (Å²) in [6.07, 6.45) is 0.732. The molecule has 0 fully saturated rings. The predicted molar refractivity (Wildman–Crippen MR) is 84.0 cm³/mol. The second kappa shape index (κ2) is 6.50. The Morgan fingerprint density at radius 2 is 1.90 bits per heavy atom. The molecule has 21 heavy (non-hydrogen) atoms. The van der Waals surface area contributed by atoms with Gasteiger partial charge in [-0.15, -0.1) is 10.2 Å². The van der Waals surface area contributed by atoms with E-state index < -0.39 is 10.0 Å². The lowest BCUT2D eigenvalue weighted by Crippen LogP contribution is -2.14. The summed E-state index contributed by atoms with van der Waals surface area (Å²) in [5.41, 5.74) is 1.03. The standard InChI is InChI=1S/C13H18N4O2S2/c1-4-12-15-16-13(20-12)17-21(18,19)11-7-5-10(6-8-11)9(2)14-3/h5-9,14H,4H2,1-3H3,(H,16,17). The highest BCUT2D eigenvalue weighted by Gasteiger charge is 2.17. The minimum Gasteiger partial charge on any atom is -0.313 e. The van der Waals surface area contributed by atoms with Crippen LogP contribution in [0.5, 0.6) is 0 Å². The first-order chi connectivity index (χ1) is 9.96. The lowest BCUT2D eigenvalue weighted by atomic mass is 10.1. The fraction of sp³-hybridized carbons (Fsp3) is 0.385. The fourth-order valence-electron chi connectivity index (χ4n) is 1.71. The maximum atomic E-state index is 12.3. The zero-order valence-corrected chi connectivity index (χ0v) is 13.8. The highest BCUT2D eigenvalue weighted by Crippen LogP contribution is 2.21. The summed E-state index contributed by atoms with van der Waals surface area (Å²) in [6, 6.07) is 6.95. The van der Waals surface area contributed by atoms with Crippen molar-refractivity contribution >= 4 is 26.5 Å². The van der Waals surface area contributed by atoms with Crippen LogP contribution in [0.2, 0.25) is 0 Å². The molecule has 6 nitrogen and oxygen atoms in total. The Balaban J connectivity index is 2.19. The van der Waals surface area contributed by atoms with Crippen LogP contribution in [-0.2, 0) is 16.4 Å². The van der Waals surface area contributed by atoms with E-state index in [4.69, 9.17) is 0 Å². The number of hydrogen-bond acceptors (Lipinski definition) is 6. The van der Waals surface area contributed by atoms with Crippen LogP contribution < -0.4 is 10.0 Å². The van der Waals surface area contributed by atoms with Gasteiger partial charge in [0.2, 0.25) is 5.13 Å². The van der Waals surface area contributed by atoms with Crippen LogP contribution in [0, 0.1) is 0 Å². The van der Waals surface area contributed by atoms with Gasteiger partial charge in [-0.1, -0.05) is 30.4 Å². The Kier molecular flexibility index (Phi) is 4.92. The number of hydrogen-bond donors (Lipinski definition) is 2. The van der Waals surface area contributed by atoms with Crippen molar-refractivity contribution in [1.29, 1.82) is 0 Å². The molecule has 114 valence electrons. The van der Waals surface area contributed by atoms with E-state index in [0.717, 1.165) is 17.0 Å². The summed E-state index contributed by atoms with van der Waals surface area (Å²) in [6.45, 7) is 3.95. The molecule has 1 unspecified atom stereocenters. The van der Waals surface area contributed by atoms with E-state index in [1.54, 1.807) is 24.3 Å². The Morgan fingerprint density at radius 3 is 2.43 bits per heavy atom. The van der Waals surface area contributed by atoms with Crippen LogP contribution >= 0.6 is 11.3 Å². The number of benzene rings is 1. The number of nitrogens with zero attached hydrogens (tertiary/aromatic N) is 2. The highest BCUT2D eigenvalue weighted by atomic mass is 32.2. The normalized spacial score (nSPS) is 13.1. The van der Waals surface area contributed by atoms with Crippen LogP contribution in [0.4, 0.5) is 5.13 Å². The first-order valence-electron chi connectivity index (χ1n) is 6.58. The molecule has 0 bridgehead atoms. The van der Waals surface area contributed by atoms with Crippen LogP contribution in [0.1, 0.15) is 30.5 Å². The van der Waals surface area contributed by atoms with Crippen molar-refractivity contribution in [2.75, 3.05) is 11.8 Å². The molecule has 2 rings (SSSR count). The van der Waals surface area contributed by atoms with Crippen LogP contribution in [0.15, 0.2) is 29.2 Å². The molecule has 0 saturated heterocycles. The molecular formula is C13H18N4O2S2. The van der Waals surface area contributed by atoms with Crippen LogP contribution in [0.3, 0.4) is 0 Å².